The fourth-order valence-electron chi connectivity index (χ4n) is 4.30. The van der Waals surface area contributed by atoms with Crippen LogP contribution in [-0.4, -0.2) is 50.2 Å². The van der Waals surface area contributed by atoms with Gasteiger partial charge in [0.1, 0.15) is 5.54 Å². The summed E-state index contributed by atoms with van der Waals surface area (Å²) in [5.41, 5.74) is 0.963. The molecule has 2 heterocycles. The molecule has 0 radical (unpaired) electrons. The van der Waals surface area contributed by atoms with E-state index < -0.39 is 48.6 Å². The summed E-state index contributed by atoms with van der Waals surface area (Å²) >= 11 is 0. The predicted octanol–water partition coefficient (Wildman–Crippen LogP) is 3.08. The lowest BCUT2D eigenvalue weighted by molar-refractivity contribution is -0.135. The van der Waals surface area contributed by atoms with Crippen molar-refractivity contribution in [2.75, 3.05) is 6.54 Å². The number of halogens is 2. The smallest absolute Gasteiger partial charge is 0.324 e. The Bertz CT molecular complexity index is 1020. The molecular weight excluding hydrogens is 394 g/mol. The number of carbonyl (C=O) groups is 3. The molecule has 1 saturated carbocycles. The van der Waals surface area contributed by atoms with Crippen LogP contribution >= 0.6 is 0 Å². The number of aryl methyl sites for hydroxylation is 1. The maximum absolute atomic E-state index is 13.5. The number of aromatic nitrogens is 2. The van der Waals surface area contributed by atoms with E-state index >= 15 is 0 Å². The first-order valence-corrected chi connectivity index (χ1v) is 9.77. The van der Waals surface area contributed by atoms with E-state index in [0.29, 0.717) is 5.69 Å². The molecule has 1 spiro atoms. The van der Waals surface area contributed by atoms with Crippen LogP contribution in [0.5, 0.6) is 0 Å². The van der Waals surface area contributed by atoms with Gasteiger partial charge in [0.15, 0.2) is 5.82 Å². The lowest BCUT2D eigenvalue weighted by Crippen LogP contribution is -2.51. The first kappa shape index (κ1) is 20.2. The number of hydrogen-bond acceptors (Lipinski definition) is 4. The van der Waals surface area contributed by atoms with Crippen LogP contribution in [0.1, 0.15) is 42.0 Å². The number of ketones is 1. The first-order valence-electron chi connectivity index (χ1n) is 9.77. The highest BCUT2D eigenvalue weighted by molar-refractivity contribution is 6.10. The number of benzene rings is 1. The largest absolute Gasteiger partial charge is 0.325 e. The molecular formula is C21H22F2N4O3. The topological polar surface area (TPSA) is 84.3 Å². The lowest BCUT2D eigenvalue weighted by Gasteiger charge is -2.34. The second-order valence-corrected chi connectivity index (χ2v) is 7.98. The number of rotatable bonds is 4. The van der Waals surface area contributed by atoms with Crippen molar-refractivity contribution >= 4 is 17.7 Å². The third-order valence-corrected chi connectivity index (χ3v) is 5.95. The van der Waals surface area contributed by atoms with Gasteiger partial charge in [0, 0.05) is 25.5 Å². The van der Waals surface area contributed by atoms with Gasteiger partial charge in [-0.1, -0.05) is 30.3 Å². The molecule has 0 unspecified atom stereocenters. The zero-order valence-corrected chi connectivity index (χ0v) is 16.7. The molecule has 30 heavy (non-hydrogen) atoms. The van der Waals surface area contributed by atoms with Crippen LogP contribution in [0.3, 0.4) is 0 Å². The fourth-order valence-corrected chi connectivity index (χ4v) is 4.30. The molecule has 1 aliphatic heterocycles. The van der Waals surface area contributed by atoms with E-state index in [9.17, 15) is 23.2 Å². The average molecular weight is 416 g/mol. The Labute approximate surface area is 172 Å². The molecule has 9 heteroatoms. The molecule has 1 N–H and O–H groups in total. The average Bonchev–Trinajstić information content (AvgIpc) is 3.13. The minimum absolute atomic E-state index is 0.128. The number of nitrogens with zero attached hydrogens (tertiary/aromatic N) is 3. The van der Waals surface area contributed by atoms with E-state index in [-0.39, 0.29) is 18.7 Å². The fraction of sp³-hybridized carbons (Fsp3) is 0.429. The van der Waals surface area contributed by atoms with Gasteiger partial charge in [0.05, 0.1) is 17.9 Å². The van der Waals surface area contributed by atoms with E-state index in [1.165, 1.54) is 0 Å². The monoisotopic (exact) mass is 416 g/mol. The maximum Gasteiger partial charge on any atom is 0.325 e. The second-order valence-electron chi connectivity index (χ2n) is 7.98. The standard InChI is InChI=1S/C21H22F2N4O3/c1-13-16(14-6-4-3-5-7-14)26(2)17(24-13)15(28)12-27-18(29)20(25-19(27)30)8-10-21(22,23)11-9-20/h3-7H,8-12H2,1-2H3,(H,25,30). The van der Waals surface area contributed by atoms with E-state index in [0.717, 1.165) is 16.2 Å². The third-order valence-electron chi connectivity index (χ3n) is 5.95. The Morgan fingerprint density at radius 3 is 2.40 bits per heavy atom. The molecule has 7 nitrogen and oxygen atoms in total. The molecule has 3 amide bonds. The van der Waals surface area contributed by atoms with Crippen molar-refractivity contribution in [3.05, 3.63) is 41.9 Å². The van der Waals surface area contributed by atoms with Crippen molar-refractivity contribution < 1.29 is 23.2 Å². The molecule has 0 bridgehead atoms. The van der Waals surface area contributed by atoms with E-state index in [2.05, 4.69) is 10.3 Å². The molecule has 4 rings (SSSR count). The van der Waals surface area contributed by atoms with Crippen LogP contribution in [0.2, 0.25) is 0 Å². The number of carbonyl (C=O) groups excluding carboxylic acids is 3. The van der Waals surface area contributed by atoms with Gasteiger partial charge in [-0.25, -0.2) is 18.6 Å². The molecule has 158 valence electrons. The molecule has 1 aromatic carbocycles. The van der Waals surface area contributed by atoms with Gasteiger partial charge in [0.25, 0.3) is 5.91 Å². The summed E-state index contributed by atoms with van der Waals surface area (Å²) in [6.45, 7) is 1.30. The van der Waals surface area contributed by atoms with Crippen molar-refractivity contribution in [1.29, 1.82) is 0 Å². The molecule has 2 aliphatic rings. The van der Waals surface area contributed by atoms with Crippen molar-refractivity contribution in [2.24, 2.45) is 7.05 Å². The number of hydrogen-bond donors (Lipinski definition) is 1. The highest BCUT2D eigenvalue weighted by Crippen LogP contribution is 2.41. The Hall–Kier alpha value is -3.10. The van der Waals surface area contributed by atoms with Gasteiger partial charge >= 0.3 is 6.03 Å². The summed E-state index contributed by atoms with van der Waals surface area (Å²) in [5, 5.41) is 2.55. The van der Waals surface area contributed by atoms with Crippen molar-refractivity contribution in [1.82, 2.24) is 19.8 Å². The van der Waals surface area contributed by atoms with Gasteiger partial charge in [-0.3, -0.25) is 14.5 Å². The van der Waals surface area contributed by atoms with Gasteiger partial charge in [-0.2, -0.15) is 0 Å². The number of nitrogens with one attached hydrogen (secondary N) is 1. The summed E-state index contributed by atoms with van der Waals surface area (Å²) in [4.78, 5) is 43.3. The number of urea groups is 1. The van der Waals surface area contributed by atoms with E-state index in [1.807, 2.05) is 30.3 Å². The van der Waals surface area contributed by atoms with Gasteiger partial charge in [-0.15, -0.1) is 0 Å². The van der Waals surface area contributed by atoms with Crippen LogP contribution in [0.25, 0.3) is 11.3 Å². The van der Waals surface area contributed by atoms with Gasteiger partial charge in [-0.05, 0) is 19.8 Å². The van der Waals surface area contributed by atoms with E-state index in [1.54, 1.807) is 18.5 Å². The zero-order valence-electron chi connectivity index (χ0n) is 16.7. The van der Waals surface area contributed by atoms with Crippen LogP contribution in [0.4, 0.5) is 13.6 Å². The minimum Gasteiger partial charge on any atom is -0.324 e. The SMILES string of the molecule is Cc1nc(C(=O)CN2C(=O)NC3(CCC(F)(F)CC3)C2=O)n(C)c1-c1ccccc1. The summed E-state index contributed by atoms with van der Waals surface area (Å²) in [7, 11) is 1.70. The quantitative estimate of drug-likeness (QED) is 0.613. The third kappa shape index (κ3) is 3.28. The van der Waals surface area contributed by atoms with Crippen LogP contribution in [0, 0.1) is 6.92 Å². The number of imide groups is 1. The highest BCUT2D eigenvalue weighted by Gasteiger charge is 2.55. The summed E-state index contributed by atoms with van der Waals surface area (Å²) < 4.78 is 28.7. The number of alkyl halides is 2. The molecule has 1 aromatic heterocycles. The molecule has 2 aromatic rings. The van der Waals surface area contributed by atoms with Crippen LogP contribution in [0.15, 0.2) is 30.3 Å². The first-order chi connectivity index (χ1) is 14.1. The summed E-state index contributed by atoms with van der Waals surface area (Å²) in [5.74, 6) is -3.82. The maximum atomic E-state index is 13.5. The van der Waals surface area contributed by atoms with Gasteiger partial charge in [0.2, 0.25) is 11.7 Å². The molecule has 2 fully saturated rings. The van der Waals surface area contributed by atoms with Crippen molar-refractivity contribution in [3.63, 3.8) is 0 Å². The summed E-state index contributed by atoms with van der Waals surface area (Å²) in [6.07, 6.45) is -1.23. The molecule has 1 aliphatic carbocycles. The predicted molar refractivity (Wildman–Crippen MR) is 104 cm³/mol. The lowest BCUT2D eigenvalue weighted by atomic mass is 9.80. The number of Topliss-reactive ketones (excluding diaryl/α,β-unsaturated/α-hetero) is 1. The number of imidazole rings is 1. The van der Waals surface area contributed by atoms with Crippen molar-refractivity contribution in [2.45, 2.75) is 44.1 Å². The van der Waals surface area contributed by atoms with Crippen molar-refractivity contribution in [3.8, 4) is 11.3 Å². The Kier molecular flexibility index (Phi) is 4.71. The Balaban J connectivity index is 1.55. The molecule has 1 saturated heterocycles. The highest BCUT2D eigenvalue weighted by atomic mass is 19.3. The van der Waals surface area contributed by atoms with E-state index in [4.69, 9.17) is 0 Å². The Morgan fingerprint density at radius 2 is 1.77 bits per heavy atom. The normalized spacial score (nSPS) is 19.9. The summed E-state index contributed by atoms with van der Waals surface area (Å²) in [6, 6.07) is 8.72. The minimum atomic E-state index is -2.84. The molecule has 0 atom stereocenters. The second kappa shape index (κ2) is 7.00. The Morgan fingerprint density at radius 1 is 1.13 bits per heavy atom. The van der Waals surface area contributed by atoms with Crippen LogP contribution < -0.4 is 5.32 Å². The van der Waals surface area contributed by atoms with Crippen LogP contribution in [-0.2, 0) is 11.8 Å². The number of amides is 3. The van der Waals surface area contributed by atoms with Gasteiger partial charge < -0.3 is 9.88 Å². The zero-order chi connectivity index (χ0) is 21.7.